The van der Waals surface area contributed by atoms with Crippen LogP contribution in [0.1, 0.15) is 54.6 Å². The third-order valence-electron chi connectivity index (χ3n) is 3.84. The van der Waals surface area contributed by atoms with Crippen LogP contribution in [0, 0.1) is 5.92 Å². The Balaban J connectivity index is 1.71. The number of aromatic nitrogens is 1. The number of nitrogens with zero attached hydrogens (tertiary/aromatic N) is 1. The Bertz CT molecular complexity index is 414. The van der Waals surface area contributed by atoms with Crippen molar-refractivity contribution >= 4 is 5.91 Å². The lowest BCUT2D eigenvalue weighted by molar-refractivity contribution is 0.0952. The van der Waals surface area contributed by atoms with E-state index in [1.54, 1.807) is 18.3 Å². The molecule has 1 aliphatic rings. The van der Waals surface area contributed by atoms with Gasteiger partial charge in [0.2, 0.25) is 0 Å². The summed E-state index contributed by atoms with van der Waals surface area (Å²) < 4.78 is 0. The number of hydrogen-bond donors (Lipinski definition) is 2. The van der Waals surface area contributed by atoms with Gasteiger partial charge in [0.25, 0.3) is 5.91 Å². The topological polar surface area (TPSA) is 68.0 Å². The van der Waals surface area contributed by atoms with Gasteiger partial charge in [-0.3, -0.25) is 9.78 Å². The number of nitrogens with one attached hydrogen (secondary N) is 1. The molecule has 0 radical (unpaired) electrons. The second-order valence-corrected chi connectivity index (χ2v) is 5.29. The quantitative estimate of drug-likeness (QED) is 0.772. The van der Waals surface area contributed by atoms with E-state index in [0.717, 1.165) is 24.6 Å². The van der Waals surface area contributed by atoms with Crippen LogP contribution < -0.4 is 11.1 Å². The predicted molar refractivity (Wildman–Crippen MR) is 75.7 cm³/mol. The van der Waals surface area contributed by atoms with Crippen LogP contribution in [0.25, 0.3) is 0 Å². The van der Waals surface area contributed by atoms with Crippen LogP contribution in [0.3, 0.4) is 0 Å². The number of carbonyl (C=O) groups excluding carboxylic acids is 1. The lowest BCUT2D eigenvalue weighted by Crippen LogP contribution is -2.25. The first-order chi connectivity index (χ1) is 9.29. The van der Waals surface area contributed by atoms with Gasteiger partial charge in [-0.15, -0.1) is 0 Å². The van der Waals surface area contributed by atoms with E-state index < -0.39 is 0 Å². The zero-order valence-electron chi connectivity index (χ0n) is 11.4. The van der Waals surface area contributed by atoms with Gasteiger partial charge in [-0.2, -0.15) is 0 Å². The van der Waals surface area contributed by atoms with Gasteiger partial charge in [0, 0.05) is 24.8 Å². The summed E-state index contributed by atoms with van der Waals surface area (Å²) in [5, 5.41) is 2.97. The molecule has 1 aromatic rings. The largest absolute Gasteiger partial charge is 0.352 e. The average Bonchev–Trinajstić information content (AvgIpc) is 2.96. The molecule has 0 spiro atoms. The molecule has 1 heterocycles. The van der Waals surface area contributed by atoms with Gasteiger partial charge in [-0.25, -0.2) is 0 Å². The Morgan fingerprint density at radius 2 is 2.21 bits per heavy atom. The van der Waals surface area contributed by atoms with Crippen molar-refractivity contribution in [3.05, 3.63) is 29.6 Å². The SMILES string of the molecule is NCc1cc(C(=O)NCCCC2CCCC2)ccn1. The van der Waals surface area contributed by atoms with Gasteiger partial charge in [-0.1, -0.05) is 25.7 Å². The second kappa shape index (κ2) is 7.24. The zero-order valence-corrected chi connectivity index (χ0v) is 11.4. The summed E-state index contributed by atoms with van der Waals surface area (Å²) in [6, 6.07) is 3.48. The molecule has 0 unspecified atom stereocenters. The summed E-state index contributed by atoms with van der Waals surface area (Å²) >= 11 is 0. The number of amides is 1. The van der Waals surface area contributed by atoms with Gasteiger partial charge in [0.1, 0.15) is 0 Å². The minimum atomic E-state index is -0.0245. The van der Waals surface area contributed by atoms with E-state index >= 15 is 0 Å². The molecular formula is C15H23N3O. The molecule has 1 aromatic heterocycles. The first kappa shape index (κ1) is 14.0. The van der Waals surface area contributed by atoms with Gasteiger partial charge < -0.3 is 11.1 Å². The Labute approximate surface area is 114 Å². The third kappa shape index (κ3) is 4.31. The van der Waals surface area contributed by atoms with Gasteiger partial charge in [-0.05, 0) is 30.9 Å². The van der Waals surface area contributed by atoms with Crippen LogP contribution in [0.5, 0.6) is 0 Å². The van der Waals surface area contributed by atoms with E-state index in [2.05, 4.69) is 10.3 Å². The Hall–Kier alpha value is -1.42. The summed E-state index contributed by atoms with van der Waals surface area (Å²) in [5.74, 6) is 0.866. The van der Waals surface area contributed by atoms with E-state index in [0.29, 0.717) is 12.1 Å². The van der Waals surface area contributed by atoms with Crippen molar-refractivity contribution in [1.82, 2.24) is 10.3 Å². The third-order valence-corrected chi connectivity index (χ3v) is 3.84. The molecule has 0 aliphatic heterocycles. The number of hydrogen-bond acceptors (Lipinski definition) is 3. The minimum Gasteiger partial charge on any atom is -0.352 e. The van der Waals surface area contributed by atoms with E-state index in [4.69, 9.17) is 5.73 Å². The Morgan fingerprint density at radius 1 is 1.42 bits per heavy atom. The summed E-state index contributed by atoms with van der Waals surface area (Å²) in [7, 11) is 0. The molecule has 1 amide bonds. The zero-order chi connectivity index (χ0) is 13.5. The van der Waals surface area contributed by atoms with Gasteiger partial charge in [0.15, 0.2) is 0 Å². The number of nitrogens with two attached hydrogens (primary N) is 1. The maximum absolute atomic E-state index is 11.9. The van der Waals surface area contributed by atoms with E-state index in [1.807, 2.05) is 0 Å². The fraction of sp³-hybridized carbons (Fsp3) is 0.600. The number of rotatable bonds is 6. The average molecular weight is 261 g/mol. The van der Waals surface area contributed by atoms with Gasteiger partial charge in [0.05, 0.1) is 5.69 Å². The fourth-order valence-corrected chi connectivity index (χ4v) is 2.72. The van der Waals surface area contributed by atoms with Crippen LogP contribution >= 0.6 is 0 Å². The summed E-state index contributed by atoms with van der Waals surface area (Å²) in [5.41, 5.74) is 6.91. The smallest absolute Gasteiger partial charge is 0.251 e. The molecule has 104 valence electrons. The molecule has 2 rings (SSSR count). The fourth-order valence-electron chi connectivity index (χ4n) is 2.72. The lowest BCUT2D eigenvalue weighted by Gasteiger charge is -2.09. The van der Waals surface area contributed by atoms with Crippen molar-refractivity contribution in [2.75, 3.05) is 6.54 Å². The molecule has 0 bridgehead atoms. The summed E-state index contributed by atoms with van der Waals surface area (Å²) in [4.78, 5) is 16.0. The highest BCUT2D eigenvalue weighted by Crippen LogP contribution is 2.28. The van der Waals surface area contributed by atoms with Crippen LogP contribution in [0.4, 0.5) is 0 Å². The van der Waals surface area contributed by atoms with Crippen LogP contribution in [-0.2, 0) is 6.54 Å². The highest BCUT2D eigenvalue weighted by molar-refractivity contribution is 5.94. The van der Waals surface area contributed by atoms with Crippen molar-refractivity contribution in [3.63, 3.8) is 0 Å². The van der Waals surface area contributed by atoms with Crippen LogP contribution in [0.2, 0.25) is 0 Å². The molecular weight excluding hydrogens is 238 g/mol. The molecule has 4 heteroatoms. The van der Waals surface area contributed by atoms with Crippen molar-refractivity contribution < 1.29 is 4.79 Å². The Kier molecular flexibility index (Phi) is 5.33. The van der Waals surface area contributed by atoms with Crippen molar-refractivity contribution in [2.24, 2.45) is 11.7 Å². The molecule has 0 aromatic carbocycles. The highest BCUT2D eigenvalue weighted by atomic mass is 16.1. The lowest BCUT2D eigenvalue weighted by atomic mass is 10.0. The van der Waals surface area contributed by atoms with Crippen molar-refractivity contribution in [2.45, 2.75) is 45.1 Å². The van der Waals surface area contributed by atoms with Crippen LogP contribution in [-0.4, -0.2) is 17.4 Å². The first-order valence-corrected chi connectivity index (χ1v) is 7.23. The van der Waals surface area contributed by atoms with Crippen LogP contribution in [0.15, 0.2) is 18.3 Å². The maximum Gasteiger partial charge on any atom is 0.251 e. The summed E-state index contributed by atoms with van der Waals surface area (Å²) in [6.45, 7) is 1.12. The van der Waals surface area contributed by atoms with Gasteiger partial charge >= 0.3 is 0 Å². The molecule has 1 saturated carbocycles. The molecule has 0 saturated heterocycles. The standard InChI is InChI=1S/C15H23N3O/c16-11-14-10-13(7-9-17-14)15(19)18-8-3-6-12-4-1-2-5-12/h7,9-10,12H,1-6,8,11,16H2,(H,18,19). The first-order valence-electron chi connectivity index (χ1n) is 7.23. The monoisotopic (exact) mass is 261 g/mol. The minimum absolute atomic E-state index is 0.0245. The maximum atomic E-state index is 11.9. The van der Waals surface area contributed by atoms with E-state index in [9.17, 15) is 4.79 Å². The van der Waals surface area contributed by atoms with E-state index in [1.165, 1.54) is 32.1 Å². The normalized spacial score (nSPS) is 15.6. The summed E-state index contributed by atoms with van der Waals surface area (Å²) in [6.07, 6.45) is 9.47. The highest BCUT2D eigenvalue weighted by Gasteiger charge is 2.14. The second-order valence-electron chi connectivity index (χ2n) is 5.29. The molecule has 0 atom stereocenters. The molecule has 1 aliphatic carbocycles. The molecule has 4 nitrogen and oxygen atoms in total. The predicted octanol–water partition coefficient (Wildman–Crippen LogP) is 2.24. The van der Waals surface area contributed by atoms with Crippen molar-refractivity contribution in [1.29, 1.82) is 0 Å². The van der Waals surface area contributed by atoms with E-state index in [-0.39, 0.29) is 5.91 Å². The van der Waals surface area contributed by atoms with Crippen molar-refractivity contribution in [3.8, 4) is 0 Å². The number of carbonyl (C=O) groups is 1. The molecule has 1 fully saturated rings. The Morgan fingerprint density at radius 3 is 2.95 bits per heavy atom. The molecule has 19 heavy (non-hydrogen) atoms. The number of pyridine rings is 1. The molecule has 3 N–H and O–H groups in total.